The van der Waals surface area contributed by atoms with Crippen LogP contribution in [0.3, 0.4) is 0 Å². The van der Waals surface area contributed by atoms with Crippen LogP contribution in [0.2, 0.25) is 0 Å². The van der Waals surface area contributed by atoms with Crippen molar-refractivity contribution in [1.82, 2.24) is 25.5 Å². The Morgan fingerprint density at radius 1 is 1.31 bits per heavy atom. The second kappa shape index (κ2) is 7.43. The number of hydrogen-bond acceptors (Lipinski definition) is 4. The summed E-state index contributed by atoms with van der Waals surface area (Å²) in [6.07, 6.45) is -0.128. The Bertz CT molecular complexity index is 774. The minimum absolute atomic E-state index is 0.0509. The average Bonchev–Trinajstić information content (AvgIpc) is 3.05. The Balaban J connectivity index is 1.65. The van der Waals surface area contributed by atoms with Gasteiger partial charge in [-0.25, -0.2) is 0 Å². The van der Waals surface area contributed by atoms with Crippen LogP contribution in [-0.4, -0.2) is 32.2 Å². The minimum Gasteiger partial charge on any atom is -0.351 e. The van der Waals surface area contributed by atoms with Gasteiger partial charge in [0.05, 0.1) is 5.56 Å². The second-order valence-electron chi connectivity index (χ2n) is 6.66. The summed E-state index contributed by atoms with van der Waals surface area (Å²) in [7, 11) is 0. The van der Waals surface area contributed by atoms with E-state index in [0.717, 1.165) is 36.2 Å². The third-order valence-electron chi connectivity index (χ3n) is 4.64. The minimum atomic E-state index is -4.44. The van der Waals surface area contributed by atoms with Crippen molar-refractivity contribution in [2.45, 2.75) is 51.4 Å². The number of hydrogen-bond donors (Lipinski definition) is 1. The first kappa shape index (κ1) is 18.3. The van der Waals surface area contributed by atoms with E-state index < -0.39 is 11.7 Å². The molecule has 140 valence electrons. The van der Waals surface area contributed by atoms with E-state index in [1.54, 1.807) is 0 Å². The molecule has 2 aromatic rings. The molecular weight excluding hydrogens is 347 g/mol. The Morgan fingerprint density at radius 2 is 2.08 bits per heavy atom. The summed E-state index contributed by atoms with van der Waals surface area (Å²) in [6.45, 7) is 2.00. The first-order valence-corrected chi connectivity index (χ1v) is 8.58. The summed E-state index contributed by atoms with van der Waals surface area (Å²) in [5.41, 5.74) is -0.581. The number of carbonyl (C=O) groups is 1. The van der Waals surface area contributed by atoms with Gasteiger partial charge in [-0.05, 0) is 36.1 Å². The van der Waals surface area contributed by atoms with E-state index in [2.05, 4.69) is 27.7 Å². The molecule has 1 aromatic carbocycles. The van der Waals surface area contributed by atoms with Crippen LogP contribution in [0.5, 0.6) is 0 Å². The van der Waals surface area contributed by atoms with Crippen molar-refractivity contribution in [3.63, 3.8) is 0 Å². The zero-order valence-corrected chi connectivity index (χ0v) is 14.3. The summed E-state index contributed by atoms with van der Waals surface area (Å²) in [4.78, 5) is 13.3. The molecule has 1 aliphatic carbocycles. The highest BCUT2D eigenvalue weighted by Gasteiger charge is 2.30. The number of nitrogens with one attached hydrogen (secondary N) is 1. The molecule has 6 nitrogen and oxygen atoms in total. The Hall–Kier alpha value is -2.45. The lowest BCUT2D eigenvalue weighted by atomic mass is 9.86. The van der Waals surface area contributed by atoms with Crippen molar-refractivity contribution in [2.24, 2.45) is 5.92 Å². The van der Waals surface area contributed by atoms with Gasteiger partial charge in [0.2, 0.25) is 11.7 Å². The molecule has 1 fully saturated rings. The number of nitrogens with zero attached hydrogens (tertiary/aromatic N) is 4. The zero-order chi connectivity index (χ0) is 18.7. The zero-order valence-electron chi connectivity index (χ0n) is 14.3. The average molecular weight is 367 g/mol. The van der Waals surface area contributed by atoms with E-state index >= 15 is 0 Å². The number of alkyl halides is 3. The van der Waals surface area contributed by atoms with Crippen LogP contribution in [0, 0.1) is 5.92 Å². The first-order valence-electron chi connectivity index (χ1n) is 8.58. The molecule has 0 spiro atoms. The quantitative estimate of drug-likeness (QED) is 0.902. The van der Waals surface area contributed by atoms with Gasteiger partial charge < -0.3 is 5.32 Å². The lowest BCUT2D eigenvalue weighted by Gasteiger charge is -2.29. The van der Waals surface area contributed by atoms with Crippen LogP contribution in [0.15, 0.2) is 24.3 Å². The summed E-state index contributed by atoms with van der Waals surface area (Å²) in [5, 5.41) is 14.5. The molecule has 1 aromatic heterocycles. The van der Waals surface area contributed by atoms with E-state index in [9.17, 15) is 18.0 Å². The highest BCUT2D eigenvalue weighted by Crippen LogP contribution is 2.31. The predicted molar refractivity (Wildman–Crippen MR) is 87.8 cm³/mol. The van der Waals surface area contributed by atoms with Crippen molar-refractivity contribution in [2.75, 3.05) is 0 Å². The standard InChI is InChI=1S/C17H20F3N5O/c1-11-5-2-3-8-14(11)21-15(26)10-25-23-16(22-24-25)12-6-4-7-13(9-12)17(18,19)20/h4,6-7,9,11,14H,2-3,5,8,10H2,1H3,(H,21,26)/t11-,14+/m0/s1. The first-order chi connectivity index (χ1) is 12.3. The molecule has 1 N–H and O–H groups in total. The maximum Gasteiger partial charge on any atom is 0.416 e. The number of rotatable bonds is 4. The van der Waals surface area contributed by atoms with Crippen LogP contribution in [0.25, 0.3) is 11.4 Å². The molecule has 0 aliphatic heterocycles. The molecule has 1 saturated carbocycles. The Kier molecular flexibility index (Phi) is 5.24. The SMILES string of the molecule is C[C@H]1CCCC[C@H]1NC(=O)Cn1nnc(-c2cccc(C(F)(F)F)c2)n1. The summed E-state index contributed by atoms with van der Waals surface area (Å²) >= 11 is 0. The van der Waals surface area contributed by atoms with E-state index in [1.165, 1.54) is 18.6 Å². The molecule has 1 aliphatic rings. The molecular formula is C17H20F3N5O. The summed E-state index contributed by atoms with van der Waals surface area (Å²) in [6, 6.07) is 4.84. The molecule has 0 bridgehead atoms. The maximum atomic E-state index is 12.8. The van der Waals surface area contributed by atoms with Crippen molar-refractivity contribution in [3.8, 4) is 11.4 Å². The smallest absolute Gasteiger partial charge is 0.351 e. The van der Waals surface area contributed by atoms with Gasteiger partial charge in [0.15, 0.2) is 0 Å². The maximum absolute atomic E-state index is 12.8. The van der Waals surface area contributed by atoms with Crippen LogP contribution >= 0.6 is 0 Å². The number of benzene rings is 1. The van der Waals surface area contributed by atoms with Gasteiger partial charge in [0.1, 0.15) is 6.54 Å². The lowest BCUT2D eigenvalue weighted by Crippen LogP contribution is -2.42. The largest absolute Gasteiger partial charge is 0.416 e. The fraction of sp³-hybridized carbons (Fsp3) is 0.529. The third-order valence-corrected chi connectivity index (χ3v) is 4.64. The molecule has 2 atom stereocenters. The van der Waals surface area contributed by atoms with Gasteiger partial charge in [-0.15, -0.1) is 10.2 Å². The Labute approximate surface area is 148 Å². The summed E-state index contributed by atoms with van der Waals surface area (Å²) in [5.74, 6) is 0.253. The molecule has 1 amide bonds. The normalized spacial score (nSPS) is 20.8. The molecule has 0 unspecified atom stereocenters. The fourth-order valence-electron chi connectivity index (χ4n) is 3.17. The van der Waals surface area contributed by atoms with Gasteiger partial charge >= 0.3 is 6.18 Å². The topological polar surface area (TPSA) is 72.7 Å². The molecule has 9 heteroatoms. The van der Waals surface area contributed by atoms with Crippen molar-refractivity contribution in [3.05, 3.63) is 29.8 Å². The van der Waals surface area contributed by atoms with E-state index in [1.807, 2.05) is 0 Å². The third kappa shape index (κ3) is 4.39. The lowest BCUT2D eigenvalue weighted by molar-refractivity contribution is -0.137. The van der Waals surface area contributed by atoms with Gasteiger partial charge in [-0.3, -0.25) is 4.79 Å². The van der Waals surface area contributed by atoms with E-state index in [0.29, 0.717) is 5.92 Å². The van der Waals surface area contributed by atoms with Gasteiger partial charge in [0.25, 0.3) is 0 Å². The number of halogens is 3. The molecule has 26 heavy (non-hydrogen) atoms. The Morgan fingerprint density at radius 3 is 2.81 bits per heavy atom. The van der Waals surface area contributed by atoms with Gasteiger partial charge in [-0.2, -0.15) is 18.0 Å². The molecule has 1 heterocycles. The van der Waals surface area contributed by atoms with E-state index in [-0.39, 0.29) is 29.9 Å². The highest BCUT2D eigenvalue weighted by atomic mass is 19.4. The van der Waals surface area contributed by atoms with Crippen LogP contribution in [0.1, 0.15) is 38.2 Å². The molecule has 0 saturated heterocycles. The van der Waals surface area contributed by atoms with E-state index in [4.69, 9.17) is 0 Å². The molecule has 3 rings (SSSR count). The fourth-order valence-corrected chi connectivity index (χ4v) is 3.17. The predicted octanol–water partition coefficient (Wildman–Crippen LogP) is 3.05. The summed E-state index contributed by atoms with van der Waals surface area (Å²) < 4.78 is 38.4. The van der Waals surface area contributed by atoms with Crippen LogP contribution < -0.4 is 5.32 Å². The number of amides is 1. The van der Waals surface area contributed by atoms with Crippen molar-refractivity contribution >= 4 is 5.91 Å². The number of carbonyl (C=O) groups excluding carboxylic acids is 1. The van der Waals surface area contributed by atoms with Crippen molar-refractivity contribution < 1.29 is 18.0 Å². The van der Waals surface area contributed by atoms with Gasteiger partial charge in [0, 0.05) is 11.6 Å². The number of aromatic nitrogens is 4. The second-order valence-corrected chi connectivity index (χ2v) is 6.66. The molecule has 0 radical (unpaired) electrons. The van der Waals surface area contributed by atoms with Crippen LogP contribution in [-0.2, 0) is 17.5 Å². The van der Waals surface area contributed by atoms with Crippen molar-refractivity contribution in [1.29, 1.82) is 0 Å². The van der Waals surface area contributed by atoms with Crippen LogP contribution in [0.4, 0.5) is 13.2 Å². The van der Waals surface area contributed by atoms with Gasteiger partial charge in [-0.1, -0.05) is 31.9 Å². The number of tetrazole rings is 1. The highest BCUT2D eigenvalue weighted by molar-refractivity contribution is 5.75. The monoisotopic (exact) mass is 367 g/mol.